The molecule has 144 valence electrons. The number of benzene rings is 1. The van der Waals surface area contributed by atoms with Gasteiger partial charge in [-0.25, -0.2) is 14.8 Å². The molecular formula is C17H17F3N4O3. The first-order chi connectivity index (χ1) is 12.7. The molecule has 2 aromatic rings. The molecule has 2 aliphatic rings. The van der Waals surface area contributed by atoms with Crippen molar-refractivity contribution in [3.8, 4) is 5.75 Å². The molecule has 2 fully saturated rings. The summed E-state index contributed by atoms with van der Waals surface area (Å²) in [4.78, 5) is 22.8. The predicted molar refractivity (Wildman–Crippen MR) is 89.7 cm³/mol. The highest BCUT2D eigenvalue weighted by atomic mass is 19.4. The molecule has 7 nitrogen and oxygen atoms in total. The Morgan fingerprint density at radius 3 is 2.52 bits per heavy atom. The maximum Gasteiger partial charge on any atom is 0.573 e. The molecule has 2 aliphatic heterocycles. The van der Waals surface area contributed by atoms with Crippen LogP contribution in [-0.4, -0.2) is 58.6 Å². The number of fused-ring (bicyclic) bond motifs is 1. The van der Waals surface area contributed by atoms with Crippen LogP contribution in [0.1, 0.15) is 12.8 Å². The summed E-state index contributed by atoms with van der Waals surface area (Å²) in [5.74, 6) is 0.259. The first kappa shape index (κ1) is 17.6. The molecule has 0 radical (unpaired) electrons. The molecular weight excluding hydrogens is 365 g/mol. The molecule has 0 atom stereocenters. The monoisotopic (exact) mass is 382 g/mol. The number of piperidine rings is 1. The zero-order chi connectivity index (χ0) is 19.2. The van der Waals surface area contributed by atoms with E-state index in [1.807, 2.05) is 4.90 Å². The van der Waals surface area contributed by atoms with E-state index in [1.165, 1.54) is 29.4 Å². The fraction of sp³-hybridized carbons (Fsp3) is 0.471. The Morgan fingerprint density at radius 2 is 1.89 bits per heavy atom. The second-order valence-corrected chi connectivity index (χ2v) is 7.05. The molecule has 3 heterocycles. The van der Waals surface area contributed by atoms with Gasteiger partial charge in [0.1, 0.15) is 17.9 Å². The lowest BCUT2D eigenvalue weighted by atomic mass is 9.72. The number of amides is 1. The van der Waals surface area contributed by atoms with E-state index < -0.39 is 12.5 Å². The third kappa shape index (κ3) is 3.43. The minimum Gasteiger partial charge on any atom is -0.465 e. The second kappa shape index (κ2) is 6.14. The molecule has 0 unspecified atom stereocenters. The van der Waals surface area contributed by atoms with E-state index in [4.69, 9.17) is 5.11 Å². The van der Waals surface area contributed by atoms with Gasteiger partial charge in [0.05, 0.1) is 5.52 Å². The maximum absolute atomic E-state index is 12.5. The normalized spacial score (nSPS) is 19.2. The SMILES string of the molecule is O=C(O)N1CCC2(CC1)CN(c1ncnc3ccc(OC(F)(F)F)cc13)C2. The van der Waals surface area contributed by atoms with Crippen molar-refractivity contribution in [3.05, 3.63) is 24.5 Å². The maximum atomic E-state index is 12.5. The number of hydrogen-bond acceptors (Lipinski definition) is 5. The Hall–Kier alpha value is -2.78. The summed E-state index contributed by atoms with van der Waals surface area (Å²) >= 11 is 0. The fourth-order valence-corrected chi connectivity index (χ4v) is 3.87. The summed E-state index contributed by atoms with van der Waals surface area (Å²) < 4.78 is 41.5. The molecule has 1 aromatic carbocycles. The van der Waals surface area contributed by atoms with E-state index in [2.05, 4.69) is 14.7 Å². The lowest BCUT2D eigenvalue weighted by molar-refractivity contribution is -0.274. The van der Waals surface area contributed by atoms with Crippen molar-refractivity contribution < 1.29 is 27.8 Å². The van der Waals surface area contributed by atoms with Crippen LogP contribution >= 0.6 is 0 Å². The van der Waals surface area contributed by atoms with Crippen molar-refractivity contribution in [1.29, 1.82) is 0 Å². The van der Waals surface area contributed by atoms with Crippen molar-refractivity contribution in [2.24, 2.45) is 5.41 Å². The van der Waals surface area contributed by atoms with Gasteiger partial charge >= 0.3 is 12.5 Å². The number of hydrogen-bond donors (Lipinski definition) is 1. The van der Waals surface area contributed by atoms with Crippen LogP contribution in [0.3, 0.4) is 0 Å². The molecule has 2 saturated heterocycles. The highest BCUT2D eigenvalue weighted by Crippen LogP contribution is 2.43. The van der Waals surface area contributed by atoms with E-state index in [0.29, 0.717) is 42.9 Å². The zero-order valence-electron chi connectivity index (χ0n) is 14.2. The van der Waals surface area contributed by atoms with Crippen LogP contribution in [0.4, 0.5) is 23.8 Å². The van der Waals surface area contributed by atoms with Crippen molar-refractivity contribution in [3.63, 3.8) is 0 Å². The number of carbonyl (C=O) groups is 1. The quantitative estimate of drug-likeness (QED) is 0.860. The van der Waals surface area contributed by atoms with E-state index in [-0.39, 0.29) is 11.2 Å². The Bertz CT molecular complexity index is 873. The standard InChI is InChI=1S/C17H17F3N4O3/c18-17(19,20)27-11-1-2-13-12(7-11)14(22-10-21-13)24-8-16(9-24)3-5-23(6-4-16)15(25)26/h1-2,7,10H,3-6,8-9H2,(H,25,26). The lowest BCUT2D eigenvalue weighted by Gasteiger charge is -2.54. The zero-order valence-corrected chi connectivity index (χ0v) is 14.2. The number of rotatable bonds is 2. The third-order valence-corrected chi connectivity index (χ3v) is 5.27. The number of nitrogens with zero attached hydrogens (tertiary/aromatic N) is 4. The summed E-state index contributed by atoms with van der Waals surface area (Å²) in [5, 5.41) is 9.56. The smallest absolute Gasteiger partial charge is 0.465 e. The molecule has 27 heavy (non-hydrogen) atoms. The summed E-state index contributed by atoms with van der Waals surface area (Å²) in [7, 11) is 0. The number of likely N-dealkylation sites (tertiary alicyclic amines) is 1. The van der Waals surface area contributed by atoms with Gasteiger partial charge in [-0.2, -0.15) is 0 Å². The highest BCUT2D eigenvalue weighted by molar-refractivity contribution is 5.90. The van der Waals surface area contributed by atoms with Crippen molar-refractivity contribution in [2.45, 2.75) is 19.2 Å². The van der Waals surface area contributed by atoms with Crippen molar-refractivity contribution in [1.82, 2.24) is 14.9 Å². The number of anilines is 1. The average molecular weight is 382 g/mol. The Morgan fingerprint density at radius 1 is 1.19 bits per heavy atom. The van der Waals surface area contributed by atoms with Crippen LogP contribution in [0.5, 0.6) is 5.75 Å². The van der Waals surface area contributed by atoms with Gasteiger partial charge in [-0.1, -0.05) is 0 Å². The largest absolute Gasteiger partial charge is 0.573 e. The van der Waals surface area contributed by atoms with E-state index in [0.717, 1.165) is 12.8 Å². The fourth-order valence-electron chi connectivity index (χ4n) is 3.87. The van der Waals surface area contributed by atoms with Gasteiger partial charge < -0.3 is 19.6 Å². The molecule has 1 spiro atoms. The van der Waals surface area contributed by atoms with Crippen molar-refractivity contribution in [2.75, 3.05) is 31.1 Å². The van der Waals surface area contributed by atoms with Crippen LogP contribution in [-0.2, 0) is 0 Å². The molecule has 0 aliphatic carbocycles. The minimum atomic E-state index is -4.76. The number of alkyl halides is 3. The van der Waals surface area contributed by atoms with E-state index in [9.17, 15) is 18.0 Å². The van der Waals surface area contributed by atoms with Gasteiger partial charge in [-0.05, 0) is 31.0 Å². The summed E-state index contributed by atoms with van der Waals surface area (Å²) in [5.41, 5.74) is 0.569. The molecule has 0 bridgehead atoms. The Labute approximate surface area is 152 Å². The molecule has 10 heteroatoms. The average Bonchev–Trinajstić information content (AvgIpc) is 2.58. The second-order valence-electron chi connectivity index (χ2n) is 7.05. The van der Waals surface area contributed by atoms with Crippen molar-refractivity contribution >= 4 is 22.8 Å². The van der Waals surface area contributed by atoms with Gasteiger partial charge in [0.15, 0.2) is 0 Å². The van der Waals surface area contributed by atoms with Gasteiger partial charge in [0, 0.05) is 37.0 Å². The molecule has 0 saturated carbocycles. The first-order valence-electron chi connectivity index (χ1n) is 8.48. The Balaban J connectivity index is 1.53. The summed E-state index contributed by atoms with van der Waals surface area (Å²) in [6.07, 6.45) is -2.75. The van der Waals surface area contributed by atoms with Gasteiger partial charge in [0.25, 0.3) is 0 Å². The van der Waals surface area contributed by atoms with Crippen LogP contribution in [0.25, 0.3) is 10.9 Å². The molecule has 1 amide bonds. The molecule has 4 rings (SSSR count). The van der Waals surface area contributed by atoms with Crippen LogP contribution < -0.4 is 9.64 Å². The topological polar surface area (TPSA) is 78.8 Å². The first-order valence-corrected chi connectivity index (χ1v) is 8.48. The third-order valence-electron chi connectivity index (χ3n) is 5.27. The predicted octanol–water partition coefficient (Wildman–Crippen LogP) is 3.11. The number of ether oxygens (including phenoxy) is 1. The number of halogens is 3. The molecule has 1 N–H and O–H groups in total. The summed E-state index contributed by atoms with van der Waals surface area (Å²) in [6, 6.07) is 4.00. The summed E-state index contributed by atoms with van der Waals surface area (Å²) in [6.45, 7) is 2.38. The van der Waals surface area contributed by atoms with Gasteiger partial charge in [-0.3, -0.25) is 0 Å². The van der Waals surface area contributed by atoms with E-state index >= 15 is 0 Å². The van der Waals surface area contributed by atoms with Crippen LogP contribution in [0.15, 0.2) is 24.5 Å². The lowest BCUT2D eigenvalue weighted by Crippen LogP contribution is -2.61. The van der Waals surface area contributed by atoms with Gasteiger partial charge in [0.2, 0.25) is 0 Å². The van der Waals surface area contributed by atoms with Crippen LogP contribution in [0.2, 0.25) is 0 Å². The van der Waals surface area contributed by atoms with Crippen LogP contribution in [0, 0.1) is 5.41 Å². The highest BCUT2D eigenvalue weighted by Gasteiger charge is 2.46. The van der Waals surface area contributed by atoms with Gasteiger partial charge in [-0.15, -0.1) is 13.2 Å². The number of carboxylic acid groups (broad SMARTS) is 1. The molecule has 1 aromatic heterocycles. The minimum absolute atomic E-state index is 0.0311. The van der Waals surface area contributed by atoms with E-state index in [1.54, 1.807) is 0 Å². The number of aromatic nitrogens is 2. The Kier molecular flexibility index (Phi) is 4.01.